The van der Waals surface area contributed by atoms with Crippen LogP contribution in [0.2, 0.25) is 0 Å². The van der Waals surface area contributed by atoms with E-state index in [0.717, 1.165) is 5.56 Å². The van der Waals surface area contributed by atoms with E-state index in [0.29, 0.717) is 18.7 Å². The Morgan fingerprint density at radius 3 is 2.65 bits per heavy atom. The maximum Gasteiger partial charge on any atom is 0.303 e. The van der Waals surface area contributed by atoms with E-state index < -0.39 is 11.9 Å². The highest BCUT2D eigenvalue weighted by Crippen LogP contribution is 2.23. The average Bonchev–Trinajstić information content (AvgIpc) is 2.50. The molecular formula is C17H21N3O3. The molecule has 0 heterocycles. The Morgan fingerprint density at radius 1 is 1.35 bits per heavy atom. The SMILES string of the molecule is CC(C)c1ccccc1NC(=O)/C(C#N)=C\NCCCC(=O)O. The first-order valence-electron chi connectivity index (χ1n) is 7.41. The average molecular weight is 315 g/mol. The molecule has 1 aromatic rings. The maximum atomic E-state index is 12.2. The van der Waals surface area contributed by atoms with E-state index in [2.05, 4.69) is 10.6 Å². The number of carbonyl (C=O) groups excluding carboxylic acids is 1. The van der Waals surface area contributed by atoms with Crippen LogP contribution in [0.3, 0.4) is 0 Å². The van der Waals surface area contributed by atoms with Crippen molar-refractivity contribution in [2.75, 3.05) is 11.9 Å². The number of aliphatic carboxylic acids is 1. The molecule has 0 saturated heterocycles. The molecule has 23 heavy (non-hydrogen) atoms. The highest BCUT2D eigenvalue weighted by Gasteiger charge is 2.12. The second-order valence-corrected chi connectivity index (χ2v) is 5.32. The molecule has 0 aliphatic carbocycles. The minimum absolute atomic E-state index is 0.0384. The zero-order valence-electron chi connectivity index (χ0n) is 13.3. The summed E-state index contributed by atoms with van der Waals surface area (Å²) in [6.07, 6.45) is 1.77. The van der Waals surface area contributed by atoms with Crippen molar-refractivity contribution in [2.45, 2.75) is 32.6 Å². The molecule has 0 aliphatic rings. The predicted octanol–water partition coefficient (Wildman–Crippen LogP) is 2.61. The Kier molecular flexibility index (Phi) is 7.34. The van der Waals surface area contributed by atoms with Gasteiger partial charge in [0.15, 0.2) is 0 Å². The van der Waals surface area contributed by atoms with Crippen molar-refractivity contribution in [1.82, 2.24) is 5.32 Å². The second-order valence-electron chi connectivity index (χ2n) is 5.32. The first-order chi connectivity index (χ1) is 11.0. The molecule has 6 nitrogen and oxygen atoms in total. The van der Waals surface area contributed by atoms with Crippen molar-refractivity contribution in [3.05, 3.63) is 41.6 Å². The number of nitrogens with zero attached hydrogens (tertiary/aromatic N) is 1. The Balaban J connectivity index is 2.67. The molecule has 1 amide bonds. The molecule has 0 atom stereocenters. The molecule has 0 saturated carbocycles. The number of benzene rings is 1. The summed E-state index contributed by atoms with van der Waals surface area (Å²) in [5, 5.41) is 23.1. The predicted molar refractivity (Wildman–Crippen MR) is 87.7 cm³/mol. The second kappa shape index (κ2) is 9.26. The zero-order valence-corrected chi connectivity index (χ0v) is 13.3. The fourth-order valence-corrected chi connectivity index (χ4v) is 1.97. The number of hydrogen-bond donors (Lipinski definition) is 3. The van der Waals surface area contributed by atoms with Crippen LogP contribution in [0.4, 0.5) is 5.69 Å². The number of hydrogen-bond acceptors (Lipinski definition) is 4. The van der Waals surface area contributed by atoms with Crippen LogP contribution in [0.5, 0.6) is 0 Å². The third-order valence-corrected chi connectivity index (χ3v) is 3.15. The van der Waals surface area contributed by atoms with Crippen LogP contribution < -0.4 is 10.6 Å². The van der Waals surface area contributed by atoms with Crippen molar-refractivity contribution in [2.24, 2.45) is 0 Å². The number of carboxylic acids is 1. The molecule has 0 radical (unpaired) electrons. The van der Waals surface area contributed by atoms with Gasteiger partial charge >= 0.3 is 5.97 Å². The number of amides is 1. The number of para-hydroxylation sites is 1. The topological polar surface area (TPSA) is 102 Å². The summed E-state index contributed by atoms with van der Waals surface area (Å²) >= 11 is 0. The van der Waals surface area contributed by atoms with Gasteiger partial charge in [-0.25, -0.2) is 0 Å². The van der Waals surface area contributed by atoms with Crippen LogP contribution in [0.25, 0.3) is 0 Å². The minimum Gasteiger partial charge on any atom is -0.481 e. The molecule has 3 N–H and O–H groups in total. The highest BCUT2D eigenvalue weighted by atomic mass is 16.4. The number of rotatable bonds is 8. The van der Waals surface area contributed by atoms with Crippen LogP contribution >= 0.6 is 0 Å². The van der Waals surface area contributed by atoms with Gasteiger partial charge in [-0.15, -0.1) is 0 Å². The van der Waals surface area contributed by atoms with Crippen LogP contribution in [0, 0.1) is 11.3 Å². The van der Waals surface area contributed by atoms with Gasteiger partial charge < -0.3 is 15.7 Å². The van der Waals surface area contributed by atoms with Gasteiger partial charge in [-0.3, -0.25) is 9.59 Å². The zero-order chi connectivity index (χ0) is 17.2. The molecule has 1 aromatic carbocycles. The van der Waals surface area contributed by atoms with Crippen molar-refractivity contribution in [3.8, 4) is 6.07 Å². The summed E-state index contributed by atoms with van der Waals surface area (Å²) in [6.45, 7) is 4.43. The van der Waals surface area contributed by atoms with Gasteiger partial charge in [0, 0.05) is 24.9 Å². The Hall–Kier alpha value is -2.81. The lowest BCUT2D eigenvalue weighted by atomic mass is 10.0. The number of carbonyl (C=O) groups is 2. The molecule has 0 spiro atoms. The van der Waals surface area contributed by atoms with Crippen LogP contribution in [-0.2, 0) is 9.59 Å². The summed E-state index contributed by atoms with van der Waals surface area (Å²) < 4.78 is 0. The van der Waals surface area contributed by atoms with Gasteiger partial charge in [-0.2, -0.15) is 5.26 Å². The summed E-state index contributed by atoms with van der Waals surface area (Å²) in [4.78, 5) is 22.5. The molecule has 1 rings (SSSR count). The molecule has 122 valence electrons. The normalized spacial score (nSPS) is 11.0. The fourth-order valence-electron chi connectivity index (χ4n) is 1.97. The van der Waals surface area contributed by atoms with Gasteiger partial charge in [0.2, 0.25) is 0 Å². The highest BCUT2D eigenvalue weighted by molar-refractivity contribution is 6.06. The third kappa shape index (κ3) is 6.22. The van der Waals surface area contributed by atoms with E-state index >= 15 is 0 Å². The van der Waals surface area contributed by atoms with Crippen LogP contribution in [0.15, 0.2) is 36.0 Å². The summed E-state index contributed by atoms with van der Waals surface area (Å²) in [5.74, 6) is -1.12. The summed E-state index contributed by atoms with van der Waals surface area (Å²) in [6, 6.07) is 9.29. The molecule has 0 fully saturated rings. The van der Waals surface area contributed by atoms with Crippen LogP contribution in [-0.4, -0.2) is 23.5 Å². The largest absolute Gasteiger partial charge is 0.481 e. The first kappa shape index (κ1) is 18.2. The third-order valence-electron chi connectivity index (χ3n) is 3.15. The molecule has 0 aliphatic heterocycles. The van der Waals surface area contributed by atoms with Crippen molar-refractivity contribution in [3.63, 3.8) is 0 Å². The molecule has 0 aromatic heterocycles. The van der Waals surface area contributed by atoms with Gasteiger partial charge in [0.05, 0.1) is 0 Å². The van der Waals surface area contributed by atoms with Gasteiger partial charge in [-0.1, -0.05) is 32.0 Å². The Labute approximate surface area is 135 Å². The number of nitriles is 1. The Morgan fingerprint density at radius 2 is 2.04 bits per heavy atom. The standard InChI is InChI=1S/C17H21N3O3/c1-12(2)14-6-3-4-7-15(14)20-17(23)13(10-18)11-19-9-5-8-16(21)22/h3-4,6-7,11-12,19H,5,8-9H2,1-2H3,(H,20,23)(H,21,22)/b13-11-. The van der Waals surface area contributed by atoms with E-state index in [1.165, 1.54) is 6.20 Å². The fraction of sp³-hybridized carbons (Fsp3) is 0.353. The van der Waals surface area contributed by atoms with E-state index in [4.69, 9.17) is 10.4 Å². The monoisotopic (exact) mass is 315 g/mol. The van der Waals surface area contributed by atoms with E-state index in [9.17, 15) is 9.59 Å². The summed E-state index contributed by atoms with van der Waals surface area (Å²) in [7, 11) is 0. The quantitative estimate of drug-likeness (QED) is 0.389. The van der Waals surface area contributed by atoms with Gasteiger partial charge in [0.1, 0.15) is 11.6 Å². The lowest BCUT2D eigenvalue weighted by Gasteiger charge is -2.13. The maximum absolute atomic E-state index is 12.2. The van der Waals surface area contributed by atoms with Crippen LogP contribution in [0.1, 0.15) is 38.2 Å². The van der Waals surface area contributed by atoms with E-state index in [-0.39, 0.29) is 17.9 Å². The lowest BCUT2D eigenvalue weighted by Crippen LogP contribution is -2.18. The Bertz CT molecular complexity index is 630. The molecule has 6 heteroatoms. The van der Waals surface area contributed by atoms with Gasteiger partial charge in [-0.05, 0) is 24.0 Å². The lowest BCUT2D eigenvalue weighted by molar-refractivity contribution is -0.137. The van der Waals surface area contributed by atoms with Gasteiger partial charge in [0.25, 0.3) is 5.91 Å². The van der Waals surface area contributed by atoms with E-state index in [1.807, 2.05) is 38.1 Å². The van der Waals surface area contributed by atoms with Crippen molar-refractivity contribution in [1.29, 1.82) is 5.26 Å². The first-order valence-corrected chi connectivity index (χ1v) is 7.41. The molecule has 0 bridgehead atoms. The number of anilines is 1. The van der Waals surface area contributed by atoms with Crippen molar-refractivity contribution < 1.29 is 14.7 Å². The van der Waals surface area contributed by atoms with Crippen molar-refractivity contribution >= 4 is 17.6 Å². The number of carboxylic acid groups (broad SMARTS) is 1. The van der Waals surface area contributed by atoms with E-state index in [1.54, 1.807) is 6.07 Å². The number of nitrogens with one attached hydrogen (secondary N) is 2. The molecule has 0 unspecified atom stereocenters. The molecular weight excluding hydrogens is 294 g/mol. The minimum atomic E-state index is -0.876. The smallest absolute Gasteiger partial charge is 0.303 e. The summed E-state index contributed by atoms with van der Waals surface area (Å²) in [5.41, 5.74) is 1.62.